The molecule has 0 saturated carbocycles. The molecular weight excluding hydrogens is 388 g/mol. The molecule has 0 saturated heterocycles. The van der Waals surface area contributed by atoms with Crippen LogP contribution in [0.15, 0.2) is 40.0 Å². The van der Waals surface area contributed by atoms with Crippen molar-refractivity contribution in [2.24, 2.45) is 5.10 Å². The van der Waals surface area contributed by atoms with Crippen molar-refractivity contribution in [1.29, 1.82) is 0 Å². The maximum absolute atomic E-state index is 6.38. The van der Waals surface area contributed by atoms with Gasteiger partial charge in [-0.15, -0.1) is 5.10 Å². The minimum absolute atomic E-state index is 0.344. The summed E-state index contributed by atoms with van der Waals surface area (Å²) in [7, 11) is 0. The van der Waals surface area contributed by atoms with Gasteiger partial charge >= 0.3 is 0 Å². The van der Waals surface area contributed by atoms with Gasteiger partial charge in [0.25, 0.3) is 0 Å². The molecule has 3 rings (SSSR count). The van der Waals surface area contributed by atoms with Gasteiger partial charge in [-0.25, -0.2) is 5.10 Å². The Kier molecular flexibility index (Phi) is 6.31. The third-order valence-corrected chi connectivity index (χ3v) is 4.04. The molecule has 0 atom stereocenters. The zero-order valence-electron chi connectivity index (χ0n) is 14.9. The summed E-state index contributed by atoms with van der Waals surface area (Å²) in [4.78, 5) is 0. The van der Waals surface area contributed by atoms with E-state index < -0.39 is 0 Å². The fourth-order valence-corrected chi connectivity index (χ4v) is 2.81. The molecule has 0 amide bonds. The van der Waals surface area contributed by atoms with E-state index in [1.54, 1.807) is 30.7 Å². The lowest BCUT2D eigenvalue weighted by Crippen LogP contribution is -2.02. The summed E-state index contributed by atoms with van der Waals surface area (Å²) in [5.74, 6) is 2.13. The number of benzene rings is 1. The number of hydrogen-bond donors (Lipinski definition) is 1. The molecule has 0 aliphatic heterocycles. The van der Waals surface area contributed by atoms with Gasteiger partial charge in [-0.05, 0) is 55.4 Å². The minimum atomic E-state index is 0.344. The lowest BCUT2D eigenvalue weighted by Gasteiger charge is -2.13. The van der Waals surface area contributed by atoms with Crippen molar-refractivity contribution in [3.05, 3.63) is 45.9 Å². The second-order valence-corrected chi connectivity index (χ2v) is 6.29. The van der Waals surface area contributed by atoms with Crippen LogP contribution in [-0.2, 0) is 0 Å². The number of nitrogens with zero attached hydrogens (tertiary/aromatic N) is 3. The summed E-state index contributed by atoms with van der Waals surface area (Å²) in [6, 6.07) is 7.13. The number of hydrogen-bond acceptors (Lipinski definition) is 6. The van der Waals surface area contributed by atoms with Crippen molar-refractivity contribution >= 4 is 30.0 Å². The van der Waals surface area contributed by atoms with E-state index in [9.17, 15) is 0 Å². The van der Waals surface area contributed by atoms with Gasteiger partial charge in [0.2, 0.25) is 10.6 Å². The van der Waals surface area contributed by atoms with Crippen molar-refractivity contribution in [2.75, 3.05) is 13.2 Å². The topological polar surface area (TPSA) is 77.6 Å². The summed E-state index contributed by atoms with van der Waals surface area (Å²) in [5, 5.41) is 11.7. The molecule has 0 unspecified atom stereocenters. The first-order valence-electron chi connectivity index (χ1n) is 8.48. The smallest absolute Gasteiger partial charge is 0.219 e. The molecule has 9 heteroatoms. The van der Waals surface area contributed by atoms with E-state index in [4.69, 9.17) is 37.7 Å². The molecule has 142 valence electrons. The molecule has 7 nitrogen and oxygen atoms in total. The van der Waals surface area contributed by atoms with Crippen LogP contribution in [-0.4, -0.2) is 34.3 Å². The third kappa shape index (κ3) is 4.40. The van der Waals surface area contributed by atoms with Crippen LogP contribution in [0.2, 0.25) is 5.02 Å². The highest BCUT2D eigenvalue weighted by Gasteiger charge is 2.13. The van der Waals surface area contributed by atoms with Crippen LogP contribution in [0, 0.1) is 4.77 Å². The van der Waals surface area contributed by atoms with E-state index >= 15 is 0 Å². The Morgan fingerprint density at radius 3 is 2.93 bits per heavy atom. The number of H-pyrrole nitrogens is 1. The van der Waals surface area contributed by atoms with Crippen molar-refractivity contribution < 1.29 is 13.9 Å². The molecular formula is C18H19ClN4O3S. The van der Waals surface area contributed by atoms with Crippen LogP contribution >= 0.6 is 23.8 Å². The van der Waals surface area contributed by atoms with E-state index in [-0.39, 0.29) is 0 Å². The second-order valence-electron chi connectivity index (χ2n) is 5.50. The van der Waals surface area contributed by atoms with Gasteiger partial charge in [-0.1, -0.05) is 18.5 Å². The molecule has 3 aromatic rings. The van der Waals surface area contributed by atoms with Crippen LogP contribution in [0.3, 0.4) is 0 Å². The first-order chi connectivity index (χ1) is 13.1. The Hall–Kier alpha value is -2.58. The number of nitrogens with one attached hydrogen (secondary N) is 1. The van der Waals surface area contributed by atoms with E-state index in [2.05, 4.69) is 15.3 Å². The van der Waals surface area contributed by atoms with E-state index in [1.165, 1.54) is 4.68 Å². The van der Waals surface area contributed by atoms with Gasteiger partial charge in [-0.2, -0.15) is 9.78 Å². The number of ether oxygens (including phenoxy) is 2. The summed E-state index contributed by atoms with van der Waals surface area (Å²) in [5.41, 5.74) is 0.737. The molecule has 27 heavy (non-hydrogen) atoms. The highest BCUT2D eigenvalue weighted by atomic mass is 35.5. The number of furan rings is 1. The van der Waals surface area contributed by atoms with Crippen LogP contribution in [0.25, 0.3) is 11.6 Å². The molecule has 2 aromatic heterocycles. The Morgan fingerprint density at radius 1 is 1.37 bits per heavy atom. The highest BCUT2D eigenvalue weighted by molar-refractivity contribution is 7.71. The first kappa shape index (κ1) is 19.2. The molecule has 0 aliphatic rings. The molecule has 1 N–H and O–H groups in total. The van der Waals surface area contributed by atoms with Gasteiger partial charge in [-0.3, -0.25) is 0 Å². The summed E-state index contributed by atoms with van der Waals surface area (Å²) in [6.45, 7) is 4.98. The van der Waals surface area contributed by atoms with Gasteiger partial charge in [0.15, 0.2) is 17.3 Å². The third-order valence-electron chi connectivity index (χ3n) is 3.50. The standard InChI is InChI=1S/C18H19ClN4O3S/c1-3-7-26-16-13(19)9-12(10-15(16)24-4-2)11-20-23-17(21-22-18(23)27)14-6-5-8-25-14/h5-6,8-11H,3-4,7H2,1-2H3,(H,22,27)/b20-11-. The van der Waals surface area contributed by atoms with Crippen molar-refractivity contribution in [2.45, 2.75) is 20.3 Å². The van der Waals surface area contributed by atoms with Crippen molar-refractivity contribution in [1.82, 2.24) is 14.9 Å². The molecule has 0 radical (unpaired) electrons. The second kappa shape index (κ2) is 8.88. The van der Waals surface area contributed by atoms with E-state index in [1.807, 2.05) is 19.9 Å². The zero-order valence-corrected chi connectivity index (χ0v) is 16.5. The van der Waals surface area contributed by atoms with Crippen LogP contribution in [0.5, 0.6) is 11.5 Å². The summed E-state index contributed by atoms with van der Waals surface area (Å²) in [6.07, 6.45) is 4.05. The SMILES string of the molecule is CCCOc1c(Cl)cc(/C=N\n2c(-c3ccco3)n[nH]c2=S)cc1OCC. The molecule has 0 aliphatic carbocycles. The quantitative estimate of drug-likeness (QED) is 0.424. The number of aromatic nitrogens is 3. The fraction of sp³-hybridized carbons (Fsp3) is 0.278. The normalized spacial score (nSPS) is 11.2. The fourth-order valence-electron chi connectivity index (χ4n) is 2.36. The van der Waals surface area contributed by atoms with E-state index in [0.717, 1.165) is 12.0 Å². The average Bonchev–Trinajstić information content (AvgIpc) is 3.29. The molecule has 2 heterocycles. The Morgan fingerprint density at radius 2 is 2.22 bits per heavy atom. The molecule has 0 fully saturated rings. The predicted molar refractivity (Wildman–Crippen MR) is 107 cm³/mol. The molecule has 0 bridgehead atoms. The largest absolute Gasteiger partial charge is 0.490 e. The molecule has 1 aromatic carbocycles. The lowest BCUT2D eigenvalue weighted by molar-refractivity contribution is 0.277. The zero-order chi connectivity index (χ0) is 19.2. The maximum Gasteiger partial charge on any atom is 0.219 e. The average molecular weight is 407 g/mol. The van der Waals surface area contributed by atoms with Gasteiger partial charge in [0, 0.05) is 0 Å². The number of rotatable bonds is 8. The van der Waals surface area contributed by atoms with Crippen LogP contribution in [0.1, 0.15) is 25.8 Å². The Bertz CT molecular complexity index is 979. The Balaban J connectivity index is 1.94. The number of aromatic amines is 1. The maximum atomic E-state index is 6.38. The van der Waals surface area contributed by atoms with Gasteiger partial charge in [0.1, 0.15) is 0 Å². The van der Waals surface area contributed by atoms with Crippen LogP contribution < -0.4 is 9.47 Å². The van der Waals surface area contributed by atoms with Crippen LogP contribution in [0.4, 0.5) is 0 Å². The predicted octanol–water partition coefficient (Wildman–Crippen LogP) is 4.92. The summed E-state index contributed by atoms with van der Waals surface area (Å²) >= 11 is 11.6. The Labute approximate surface area is 166 Å². The summed E-state index contributed by atoms with van der Waals surface area (Å²) < 4.78 is 18.6. The number of halogens is 1. The lowest BCUT2D eigenvalue weighted by atomic mass is 10.2. The minimum Gasteiger partial charge on any atom is -0.490 e. The first-order valence-corrected chi connectivity index (χ1v) is 9.27. The van der Waals surface area contributed by atoms with Gasteiger partial charge < -0.3 is 13.9 Å². The molecule has 0 spiro atoms. The van der Waals surface area contributed by atoms with E-state index in [0.29, 0.717) is 46.1 Å². The van der Waals surface area contributed by atoms with Crippen molar-refractivity contribution in [3.8, 4) is 23.1 Å². The highest BCUT2D eigenvalue weighted by Crippen LogP contribution is 2.36. The van der Waals surface area contributed by atoms with Gasteiger partial charge in [0.05, 0.1) is 30.7 Å². The monoisotopic (exact) mass is 406 g/mol. The van der Waals surface area contributed by atoms with Crippen molar-refractivity contribution in [3.63, 3.8) is 0 Å².